The van der Waals surface area contributed by atoms with Crippen molar-refractivity contribution in [2.75, 3.05) is 0 Å². The van der Waals surface area contributed by atoms with E-state index in [1.54, 1.807) is 19.9 Å². The third kappa shape index (κ3) is 2.15. The zero-order valence-corrected chi connectivity index (χ0v) is 9.78. The van der Waals surface area contributed by atoms with Gasteiger partial charge in [0.25, 0.3) is 5.91 Å². The molecule has 3 N–H and O–H groups in total. The summed E-state index contributed by atoms with van der Waals surface area (Å²) >= 11 is 0. The molecule has 1 atom stereocenters. The van der Waals surface area contributed by atoms with Gasteiger partial charge in [-0.1, -0.05) is 0 Å². The number of hydrogen-bond donors (Lipinski definition) is 3. The lowest BCUT2D eigenvalue weighted by Gasteiger charge is -2.25. The number of rotatable bonds is 4. The van der Waals surface area contributed by atoms with Crippen LogP contribution in [0.1, 0.15) is 35.9 Å². The van der Waals surface area contributed by atoms with E-state index >= 15 is 0 Å². The minimum absolute atomic E-state index is 0.0176. The van der Waals surface area contributed by atoms with Crippen LogP contribution in [0.5, 0.6) is 0 Å². The van der Waals surface area contributed by atoms with Crippen LogP contribution < -0.4 is 5.32 Å². The number of carbonyl (C=O) groups excluding carboxylic acids is 1. The zero-order chi connectivity index (χ0) is 12.6. The molecule has 1 aliphatic rings. The van der Waals surface area contributed by atoms with Gasteiger partial charge in [-0.05, 0) is 38.7 Å². The Balaban J connectivity index is 2.14. The van der Waals surface area contributed by atoms with E-state index in [1.165, 1.54) is 0 Å². The number of hydrogen-bond acceptors (Lipinski definition) is 3. The maximum atomic E-state index is 11.9. The molecule has 1 aromatic heterocycles. The van der Waals surface area contributed by atoms with E-state index in [9.17, 15) is 14.7 Å². The molecular formula is C11H15N3O3. The SMILES string of the molecule is Cc1cc(C(=O)NC(C)(C(=O)O)C2CC2)n[nH]1. The first-order chi connectivity index (χ1) is 7.93. The Bertz CT molecular complexity index is 464. The molecule has 1 aliphatic carbocycles. The summed E-state index contributed by atoms with van der Waals surface area (Å²) in [5.41, 5.74) is -0.210. The third-order valence-corrected chi connectivity index (χ3v) is 3.15. The number of aliphatic carboxylic acids is 1. The van der Waals surface area contributed by atoms with E-state index in [0.717, 1.165) is 18.5 Å². The topological polar surface area (TPSA) is 95.1 Å². The Kier molecular flexibility index (Phi) is 2.65. The highest BCUT2D eigenvalue weighted by atomic mass is 16.4. The molecule has 0 spiro atoms. The van der Waals surface area contributed by atoms with Gasteiger partial charge in [0.1, 0.15) is 11.2 Å². The molecule has 2 rings (SSSR count). The predicted octanol–water partition coefficient (Wildman–Crippen LogP) is 0.701. The van der Waals surface area contributed by atoms with Gasteiger partial charge in [0.05, 0.1) is 0 Å². The van der Waals surface area contributed by atoms with Crippen LogP contribution in [0.15, 0.2) is 6.07 Å². The van der Waals surface area contributed by atoms with E-state index in [2.05, 4.69) is 15.5 Å². The number of H-pyrrole nitrogens is 1. The number of carbonyl (C=O) groups is 2. The highest BCUT2D eigenvalue weighted by molar-refractivity contribution is 5.96. The van der Waals surface area contributed by atoms with Crippen molar-refractivity contribution >= 4 is 11.9 Å². The van der Waals surface area contributed by atoms with Gasteiger partial charge in [-0.3, -0.25) is 9.89 Å². The lowest BCUT2D eigenvalue weighted by molar-refractivity contribution is -0.144. The Labute approximate surface area is 98.4 Å². The Hall–Kier alpha value is -1.85. The van der Waals surface area contributed by atoms with Gasteiger partial charge in [0, 0.05) is 5.69 Å². The average molecular weight is 237 g/mol. The van der Waals surface area contributed by atoms with E-state index < -0.39 is 17.4 Å². The van der Waals surface area contributed by atoms with Crippen molar-refractivity contribution in [1.82, 2.24) is 15.5 Å². The first kappa shape index (κ1) is 11.6. The summed E-state index contributed by atoms with van der Waals surface area (Å²) in [5.74, 6) is -1.43. The minimum atomic E-state index is -1.19. The fraction of sp³-hybridized carbons (Fsp3) is 0.545. The number of aromatic amines is 1. The number of nitrogens with zero attached hydrogens (tertiary/aromatic N) is 1. The lowest BCUT2D eigenvalue weighted by Crippen LogP contribution is -2.54. The molecule has 0 aliphatic heterocycles. The number of aryl methyl sites for hydroxylation is 1. The maximum Gasteiger partial charge on any atom is 0.329 e. The molecule has 0 radical (unpaired) electrons. The van der Waals surface area contributed by atoms with E-state index in [0.29, 0.717) is 0 Å². The molecule has 0 bridgehead atoms. The molecule has 6 heteroatoms. The van der Waals surface area contributed by atoms with Gasteiger partial charge in [-0.2, -0.15) is 5.10 Å². The van der Waals surface area contributed by atoms with Crippen molar-refractivity contribution in [2.45, 2.75) is 32.2 Å². The lowest BCUT2D eigenvalue weighted by atomic mass is 9.96. The molecule has 1 unspecified atom stereocenters. The molecule has 6 nitrogen and oxygen atoms in total. The molecule has 0 saturated heterocycles. The van der Waals surface area contributed by atoms with Crippen LogP contribution in [-0.2, 0) is 4.79 Å². The number of nitrogens with one attached hydrogen (secondary N) is 2. The largest absolute Gasteiger partial charge is 0.480 e. The van der Waals surface area contributed by atoms with Crippen LogP contribution in [-0.4, -0.2) is 32.7 Å². The highest BCUT2D eigenvalue weighted by Gasteiger charge is 2.48. The second kappa shape index (κ2) is 3.87. The summed E-state index contributed by atoms with van der Waals surface area (Å²) < 4.78 is 0. The second-order valence-corrected chi connectivity index (χ2v) is 4.67. The average Bonchev–Trinajstić information content (AvgIpc) is 3.01. The Morgan fingerprint density at radius 3 is 2.65 bits per heavy atom. The van der Waals surface area contributed by atoms with Crippen molar-refractivity contribution in [3.8, 4) is 0 Å². The van der Waals surface area contributed by atoms with Crippen molar-refractivity contribution in [2.24, 2.45) is 5.92 Å². The van der Waals surface area contributed by atoms with Crippen LogP contribution in [0.4, 0.5) is 0 Å². The van der Waals surface area contributed by atoms with Gasteiger partial charge in [-0.15, -0.1) is 0 Å². The quantitative estimate of drug-likeness (QED) is 0.718. The van der Waals surface area contributed by atoms with Crippen LogP contribution in [0.3, 0.4) is 0 Å². The van der Waals surface area contributed by atoms with Gasteiger partial charge in [0.15, 0.2) is 0 Å². The summed E-state index contributed by atoms with van der Waals surface area (Å²) in [6.07, 6.45) is 1.67. The minimum Gasteiger partial charge on any atom is -0.480 e. The molecule has 1 heterocycles. The van der Waals surface area contributed by atoms with Gasteiger partial charge in [0.2, 0.25) is 0 Å². The standard InChI is InChI=1S/C11H15N3O3/c1-6-5-8(14-13-6)9(15)12-11(2,10(16)17)7-3-4-7/h5,7H,3-4H2,1-2H3,(H,12,15)(H,13,14)(H,16,17). The van der Waals surface area contributed by atoms with E-state index in [-0.39, 0.29) is 11.6 Å². The molecular weight excluding hydrogens is 222 g/mol. The molecule has 1 aromatic rings. The van der Waals surface area contributed by atoms with Gasteiger partial charge < -0.3 is 10.4 Å². The van der Waals surface area contributed by atoms with Gasteiger partial charge >= 0.3 is 5.97 Å². The fourth-order valence-electron chi connectivity index (χ4n) is 1.83. The fourth-order valence-corrected chi connectivity index (χ4v) is 1.83. The van der Waals surface area contributed by atoms with Crippen molar-refractivity contribution in [1.29, 1.82) is 0 Å². The molecule has 0 aromatic carbocycles. The van der Waals surface area contributed by atoms with Crippen LogP contribution in [0, 0.1) is 12.8 Å². The first-order valence-electron chi connectivity index (χ1n) is 5.51. The first-order valence-corrected chi connectivity index (χ1v) is 5.51. The summed E-state index contributed by atoms with van der Waals surface area (Å²) in [6, 6.07) is 1.59. The Morgan fingerprint density at radius 1 is 1.59 bits per heavy atom. The zero-order valence-electron chi connectivity index (χ0n) is 9.78. The smallest absolute Gasteiger partial charge is 0.329 e. The monoisotopic (exact) mass is 237 g/mol. The van der Waals surface area contributed by atoms with E-state index in [1.807, 2.05) is 0 Å². The summed E-state index contributed by atoms with van der Waals surface area (Å²) in [7, 11) is 0. The van der Waals surface area contributed by atoms with Crippen molar-refractivity contribution < 1.29 is 14.7 Å². The Morgan fingerprint density at radius 2 is 2.24 bits per heavy atom. The number of aromatic nitrogens is 2. The molecule has 1 amide bonds. The van der Waals surface area contributed by atoms with Crippen LogP contribution in [0.25, 0.3) is 0 Å². The van der Waals surface area contributed by atoms with Gasteiger partial charge in [-0.25, -0.2) is 4.79 Å². The number of amides is 1. The molecule has 17 heavy (non-hydrogen) atoms. The van der Waals surface area contributed by atoms with Crippen molar-refractivity contribution in [3.05, 3.63) is 17.5 Å². The summed E-state index contributed by atoms with van der Waals surface area (Å²) in [6.45, 7) is 3.32. The number of carboxylic acids is 1. The second-order valence-electron chi connectivity index (χ2n) is 4.67. The van der Waals surface area contributed by atoms with Crippen molar-refractivity contribution in [3.63, 3.8) is 0 Å². The summed E-state index contributed by atoms with van der Waals surface area (Å²) in [5, 5.41) is 18.2. The highest BCUT2D eigenvalue weighted by Crippen LogP contribution is 2.39. The van der Waals surface area contributed by atoms with Crippen LogP contribution in [0.2, 0.25) is 0 Å². The van der Waals surface area contributed by atoms with E-state index in [4.69, 9.17) is 0 Å². The molecule has 92 valence electrons. The predicted molar refractivity (Wildman–Crippen MR) is 59.6 cm³/mol. The normalized spacial score (nSPS) is 18.5. The third-order valence-electron chi connectivity index (χ3n) is 3.15. The number of carboxylic acid groups (broad SMARTS) is 1. The molecule has 1 saturated carbocycles. The molecule has 1 fully saturated rings. The maximum absolute atomic E-state index is 11.9. The summed E-state index contributed by atoms with van der Waals surface area (Å²) in [4.78, 5) is 23.1. The van der Waals surface area contributed by atoms with Crippen LogP contribution >= 0.6 is 0 Å².